The highest BCUT2D eigenvalue weighted by Gasteiger charge is 2.41. The Balaban J connectivity index is 1.52. The molecule has 0 spiro atoms. The van der Waals surface area contributed by atoms with E-state index in [2.05, 4.69) is 12.1 Å². The molecule has 2 amide bonds. The molecule has 1 fully saturated rings. The van der Waals surface area contributed by atoms with E-state index in [0.29, 0.717) is 13.0 Å². The first kappa shape index (κ1) is 25.5. The third kappa shape index (κ3) is 5.17. The third-order valence-electron chi connectivity index (χ3n) is 6.76. The predicted molar refractivity (Wildman–Crippen MR) is 135 cm³/mol. The molecule has 1 saturated heterocycles. The maximum Gasteiger partial charge on any atom is 0.410 e. The average molecular weight is 495 g/mol. The second kappa shape index (κ2) is 10.2. The van der Waals surface area contributed by atoms with E-state index in [-0.39, 0.29) is 25.5 Å². The van der Waals surface area contributed by atoms with Gasteiger partial charge in [-0.15, -0.1) is 0 Å². The number of hydrogen-bond donors (Lipinski definition) is 1. The maximum atomic E-state index is 13.4. The summed E-state index contributed by atoms with van der Waals surface area (Å²) in [6.45, 7) is 7.77. The van der Waals surface area contributed by atoms with Crippen LogP contribution in [0.4, 0.5) is 9.59 Å². The van der Waals surface area contributed by atoms with Crippen molar-refractivity contribution in [1.29, 1.82) is 0 Å². The van der Waals surface area contributed by atoms with Crippen molar-refractivity contribution >= 4 is 18.2 Å². The largest absolute Gasteiger partial charge is 0.480 e. The number of carbonyl (C=O) groups excluding carboxylic acids is 2. The standard InChI is InChI=1S/C28H34N2O6/c1-5-24(25(31)32)30(18-14-15-29(16-18)26(33)36-28(2,3)4)27(34)35-17-23-21-12-8-6-10-19(21)20-11-7-9-13-22(20)23/h6-13,18,23-24H,5,14-17H2,1-4H3,(H,31,32)/t18-,24?/m0/s1. The monoisotopic (exact) mass is 494 g/mol. The molecule has 2 aromatic rings. The van der Waals surface area contributed by atoms with Gasteiger partial charge in [0.25, 0.3) is 0 Å². The zero-order valence-electron chi connectivity index (χ0n) is 21.3. The molecule has 192 valence electrons. The molecule has 1 heterocycles. The van der Waals surface area contributed by atoms with E-state index >= 15 is 0 Å². The summed E-state index contributed by atoms with van der Waals surface area (Å²) in [5.41, 5.74) is 3.76. The molecular weight excluding hydrogens is 460 g/mol. The number of carboxylic acids is 1. The van der Waals surface area contributed by atoms with Crippen LogP contribution in [0.25, 0.3) is 11.1 Å². The molecule has 4 rings (SSSR count). The van der Waals surface area contributed by atoms with Crippen LogP contribution in [0.5, 0.6) is 0 Å². The van der Waals surface area contributed by atoms with Gasteiger partial charge in [-0.1, -0.05) is 55.5 Å². The molecule has 0 radical (unpaired) electrons. The van der Waals surface area contributed by atoms with E-state index in [1.54, 1.807) is 27.7 Å². The van der Waals surface area contributed by atoms with Crippen LogP contribution in [0.15, 0.2) is 48.5 Å². The van der Waals surface area contributed by atoms with E-state index in [1.165, 1.54) is 9.80 Å². The fourth-order valence-corrected chi connectivity index (χ4v) is 5.15. The van der Waals surface area contributed by atoms with Gasteiger partial charge in [0.2, 0.25) is 0 Å². The molecule has 2 atom stereocenters. The number of hydrogen-bond acceptors (Lipinski definition) is 5. The average Bonchev–Trinajstić information content (AvgIpc) is 3.43. The Morgan fingerprint density at radius 2 is 1.64 bits per heavy atom. The summed E-state index contributed by atoms with van der Waals surface area (Å²) in [5.74, 6) is -1.23. The van der Waals surface area contributed by atoms with Crippen molar-refractivity contribution in [2.45, 2.75) is 64.1 Å². The highest BCUT2D eigenvalue weighted by molar-refractivity contribution is 5.81. The Morgan fingerprint density at radius 1 is 1.06 bits per heavy atom. The van der Waals surface area contributed by atoms with Gasteiger partial charge in [-0.25, -0.2) is 14.4 Å². The number of nitrogens with zero attached hydrogens (tertiary/aromatic N) is 2. The summed E-state index contributed by atoms with van der Waals surface area (Å²) in [4.78, 5) is 40.9. The van der Waals surface area contributed by atoms with Gasteiger partial charge < -0.3 is 19.5 Å². The number of amides is 2. The first-order valence-corrected chi connectivity index (χ1v) is 12.4. The van der Waals surface area contributed by atoms with Crippen molar-refractivity contribution in [3.8, 4) is 11.1 Å². The number of aliphatic carboxylic acids is 1. The zero-order valence-corrected chi connectivity index (χ0v) is 21.3. The van der Waals surface area contributed by atoms with Crippen molar-refractivity contribution in [1.82, 2.24) is 9.80 Å². The number of carbonyl (C=O) groups is 3. The van der Waals surface area contributed by atoms with Crippen LogP contribution >= 0.6 is 0 Å². The molecular formula is C28H34N2O6. The van der Waals surface area contributed by atoms with Crippen molar-refractivity contribution in [3.05, 3.63) is 59.7 Å². The molecule has 36 heavy (non-hydrogen) atoms. The minimum atomic E-state index is -1.10. The third-order valence-corrected chi connectivity index (χ3v) is 6.76. The summed E-state index contributed by atoms with van der Waals surface area (Å²) in [6.07, 6.45) is -0.474. The lowest BCUT2D eigenvalue weighted by molar-refractivity contribution is -0.143. The number of rotatable bonds is 6. The Labute approximate surface area is 211 Å². The predicted octanol–water partition coefficient (Wildman–Crippen LogP) is 5.11. The van der Waals surface area contributed by atoms with Crippen LogP contribution in [0.3, 0.4) is 0 Å². The molecule has 0 saturated carbocycles. The topological polar surface area (TPSA) is 96.4 Å². The second-order valence-electron chi connectivity index (χ2n) is 10.3. The maximum absolute atomic E-state index is 13.4. The van der Waals surface area contributed by atoms with Crippen molar-refractivity contribution in [3.63, 3.8) is 0 Å². The number of carboxylic acid groups (broad SMARTS) is 1. The number of likely N-dealkylation sites (tertiary alicyclic amines) is 1. The van der Waals surface area contributed by atoms with Gasteiger partial charge in [0.05, 0.1) is 6.04 Å². The smallest absolute Gasteiger partial charge is 0.410 e. The second-order valence-corrected chi connectivity index (χ2v) is 10.3. The van der Waals surface area contributed by atoms with Gasteiger partial charge >= 0.3 is 18.2 Å². The Hall–Kier alpha value is -3.55. The van der Waals surface area contributed by atoms with E-state index < -0.39 is 35.8 Å². The Morgan fingerprint density at radius 3 is 2.17 bits per heavy atom. The van der Waals surface area contributed by atoms with E-state index in [4.69, 9.17) is 9.47 Å². The summed E-state index contributed by atoms with van der Waals surface area (Å²) in [7, 11) is 0. The summed E-state index contributed by atoms with van der Waals surface area (Å²) in [6, 6.07) is 14.6. The van der Waals surface area contributed by atoms with E-state index in [0.717, 1.165) is 22.3 Å². The normalized spacial score (nSPS) is 17.8. The van der Waals surface area contributed by atoms with Gasteiger partial charge in [0, 0.05) is 19.0 Å². The minimum Gasteiger partial charge on any atom is -0.480 e. The quantitative estimate of drug-likeness (QED) is 0.600. The van der Waals surface area contributed by atoms with Gasteiger partial charge in [-0.2, -0.15) is 0 Å². The van der Waals surface area contributed by atoms with Crippen LogP contribution in [0.1, 0.15) is 57.6 Å². The molecule has 0 aromatic heterocycles. The SMILES string of the molecule is CCC(C(=O)O)N(C(=O)OCC1c2ccccc2-c2ccccc21)[C@H]1CCN(C(=O)OC(C)(C)C)C1. The van der Waals surface area contributed by atoms with Crippen LogP contribution in [0, 0.1) is 0 Å². The molecule has 2 aromatic carbocycles. The van der Waals surface area contributed by atoms with Gasteiger partial charge in [-0.3, -0.25) is 4.90 Å². The lowest BCUT2D eigenvalue weighted by Gasteiger charge is -2.33. The summed E-state index contributed by atoms with van der Waals surface area (Å²) >= 11 is 0. The van der Waals surface area contributed by atoms with Crippen LogP contribution in [0.2, 0.25) is 0 Å². The first-order valence-electron chi connectivity index (χ1n) is 12.4. The highest BCUT2D eigenvalue weighted by atomic mass is 16.6. The van der Waals surface area contributed by atoms with Gasteiger partial charge in [-0.05, 0) is 55.9 Å². The van der Waals surface area contributed by atoms with E-state index in [1.807, 2.05) is 36.4 Å². The van der Waals surface area contributed by atoms with Crippen LogP contribution in [-0.4, -0.2) is 70.4 Å². The van der Waals surface area contributed by atoms with Gasteiger partial charge in [0.15, 0.2) is 0 Å². The Bertz CT molecular complexity index is 1100. The number of fused-ring (bicyclic) bond motifs is 3. The first-order chi connectivity index (χ1) is 17.1. The number of ether oxygens (including phenoxy) is 2. The Kier molecular flexibility index (Phi) is 7.24. The zero-order chi connectivity index (χ0) is 26.0. The van der Waals surface area contributed by atoms with Crippen molar-refractivity contribution in [2.75, 3.05) is 19.7 Å². The number of benzene rings is 2. The molecule has 2 aliphatic rings. The minimum absolute atomic E-state index is 0.0991. The van der Waals surface area contributed by atoms with Crippen molar-refractivity contribution < 1.29 is 29.0 Å². The molecule has 1 aliphatic heterocycles. The molecule has 1 N–H and O–H groups in total. The molecule has 8 nitrogen and oxygen atoms in total. The molecule has 1 aliphatic carbocycles. The van der Waals surface area contributed by atoms with Crippen LogP contribution in [-0.2, 0) is 14.3 Å². The lowest BCUT2D eigenvalue weighted by atomic mass is 9.98. The molecule has 0 bridgehead atoms. The van der Waals surface area contributed by atoms with E-state index in [9.17, 15) is 19.5 Å². The van der Waals surface area contributed by atoms with Gasteiger partial charge in [0.1, 0.15) is 18.2 Å². The van der Waals surface area contributed by atoms with Crippen LogP contribution < -0.4 is 0 Å². The fraction of sp³-hybridized carbons (Fsp3) is 0.464. The fourth-order valence-electron chi connectivity index (χ4n) is 5.15. The molecule has 1 unspecified atom stereocenters. The molecule has 8 heteroatoms. The summed E-state index contributed by atoms with van der Waals surface area (Å²) in [5, 5.41) is 9.87. The summed E-state index contributed by atoms with van der Waals surface area (Å²) < 4.78 is 11.3. The van der Waals surface area contributed by atoms with Crippen molar-refractivity contribution in [2.24, 2.45) is 0 Å². The lowest BCUT2D eigenvalue weighted by Crippen LogP contribution is -2.52. The highest BCUT2D eigenvalue weighted by Crippen LogP contribution is 2.44.